The van der Waals surface area contributed by atoms with Crippen LogP contribution in [0.5, 0.6) is 0 Å². The fourth-order valence-corrected chi connectivity index (χ4v) is 4.24. The van der Waals surface area contributed by atoms with Crippen LogP contribution >= 0.6 is 23.6 Å². The summed E-state index contributed by atoms with van der Waals surface area (Å²) in [6.07, 6.45) is 5.92. The molecule has 1 aliphatic rings. The molecule has 0 amide bonds. The monoisotopic (exact) mass is 345 g/mol. The molecule has 1 unspecified atom stereocenters. The predicted molar refractivity (Wildman–Crippen MR) is 90.7 cm³/mol. The molecule has 3 aromatic heterocycles. The van der Waals surface area contributed by atoms with Gasteiger partial charge in [-0.2, -0.15) is 4.68 Å². The maximum Gasteiger partial charge on any atom is 0.292 e. The molecule has 0 aromatic carbocycles. The summed E-state index contributed by atoms with van der Waals surface area (Å²) in [5.74, 6) is 0.536. The number of nitrogens with one attached hydrogen (secondary N) is 1. The van der Waals surface area contributed by atoms with Gasteiger partial charge in [-0.1, -0.05) is 6.07 Å². The van der Waals surface area contributed by atoms with E-state index >= 15 is 0 Å². The molecule has 1 aliphatic heterocycles. The first-order valence-corrected chi connectivity index (χ1v) is 8.96. The third kappa shape index (κ3) is 2.99. The van der Waals surface area contributed by atoms with Gasteiger partial charge in [0, 0.05) is 25.2 Å². The van der Waals surface area contributed by atoms with Crippen molar-refractivity contribution in [1.82, 2.24) is 14.8 Å². The standard InChI is InChI=1S/C16H16N4OS2/c22-16-20(18-15(21-16)12-4-1-7-17-10-12)11-19-8-2-5-13(19)14-6-3-9-23-14/h1,3-4,6-7,9-10,13H,2,5,8,11H2/p+1/t13-/m1/s1. The summed E-state index contributed by atoms with van der Waals surface area (Å²) in [7, 11) is 0. The molecule has 7 heteroatoms. The summed E-state index contributed by atoms with van der Waals surface area (Å²) >= 11 is 7.18. The van der Waals surface area contributed by atoms with Crippen LogP contribution in [-0.4, -0.2) is 21.3 Å². The van der Waals surface area contributed by atoms with Crippen LogP contribution in [0, 0.1) is 4.84 Å². The summed E-state index contributed by atoms with van der Waals surface area (Å²) < 4.78 is 7.46. The highest BCUT2D eigenvalue weighted by Gasteiger charge is 2.31. The first-order chi connectivity index (χ1) is 11.3. The number of quaternary nitrogens is 1. The Hall–Kier alpha value is -1.83. The van der Waals surface area contributed by atoms with E-state index in [1.165, 1.54) is 22.6 Å². The average Bonchev–Trinajstić information content (AvgIpc) is 3.30. The average molecular weight is 345 g/mol. The number of thiophene rings is 1. The fraction of sp³-hybridized carbons (Fsp3) is 0.312. The molecular weight excluding hydrogens is 328 g/mol. The lowest BCUT2D eigenvalue weighted by atomic mass is 10.2. The Kier molecular flexibility index (Phi) is 4.07. The number of rotatable bonds is 4. The van der Waals surface area contributed by atoms with Gasteiger partial charge in [-0.3, -0.25) is 4.98 Å². The second kappa shape index (κ2) is 6.35. The van der Waals surface area contributed by atoms with E-state index in [1.54, 1.807) is 17.1 Å². The SMILES string of the molecule is S=c1oc(-c2cccnc2)nn1C[NH+]1CCC[C@@H]1c1cccs1. The third-order valence-electron chi connectivity index (χ3n) is 4.24. The summed E-state index contributed by atoms with van der Waals surface area (Å²) in [6, 6.07) is 8.68. The zero-order valence-electron chi connectivity index (χ0n) is 12.5. The quantitative estimate of drug-likeness (QED) is 0.739. The van der Waals surface area contributed by atoms with Gasteiger partial charge in [0.2, 0.25) is 5.89 Å². The smallest absolute Gasteiger partial charge is 0.292 e. The molecule has 0 radical (unpaired) electrons. The maximum absolute atomic E-state index is 5.65. The van der Waals surface area contributed by atoms with Crippen molar-refractivity contribution >= 4 is 23.6 Å². The number of aromatic nitrogens is 3. The van der Waals surface area contributed by atoms with Crippen LogP contribution in [-0.2, 0) is 6.67 Å². The first-order valence-electron chi connectivity index (χ1n) is 7.67. The molecule has 0 aliphatic carbocycles. The van der Waals surface area contributed by atoms with Gasteiger partial charge in [0.25, 0.3) is 4.84 Å². The van der Waals surface area contributed by atoms with Crippen molar-refractivity contribution in [3.8, 4) is 11.5 Å². The molecule has 1 saturated heterocycles. The second-order valence-corrected chi connectivity index (χ2v) is 7.02. The Balaban J connectivity index is 1.57. The van der Waals surface area contributed by atoms with Crippen molar-refractivity contribution in [3.05, 3.63) is 51.8 Å². The van der Waals surface area contributed by atoms with Crippen molar-refractivity contribution in [3.63, 3.8) is 0 Å². The van der Waals surface area contributed by atoms with E-state index in [-0.39, 0.29) is 0 Å². The lowest BCUT2D eigenvalue weighted by molar-refractivity contribution is -0.941. The molecule has 1 fully saturated rings. The Morgan fingerprint density at radius 3 is 3.13 bits per heavy atom. The van der Waals surface area contributed by atoms with Gasteiger partial charge < -0.3 is 9.32 Å². The topological polar surface area (TPSA) is 48.3 Å². The molecule has 0 spiro atoms. The van der Waals surface area contributed by atoms with Crippen LogP contribution in [0.3, 0.4) is 0 Å². The highest BCUT2D eigenvalue weighted by molar-refractivity contribution is 7.71. The fourth-order valence-electron chi connectivity index (χ4n) is 3.14. The van der Waals surface area contributed by atoms with Crippen LogP contribution in [0.15, 0.2) is 46.5 Å². The highest BCUT2D eigenvalue weighted by atomic mass is 32.1. The first kappa shape index (κ1) is 14.7. The lowest BCUT2D eigenvalue weighted by Gasteiger charge is -2.19. The van der Waals surface area contributed by atoms with Gasteiger partial charge in [-0.25, -0.2) is 0 Å². The highest BCUT2D eigenvalue weighted by Crippen LogP contribution is 2.23. The Bertz CT molecular complexity index is 825. The zero-order valence-corrected chi connectivity index (χ0v) is 14.1. The van der Waals surface area contributed by atoms with E-state index in [1.807, 2.05) is 23.5 Å². The van der Waals surface area contributed by atoms with Crippen LogP contribution < -0.4 is 4.90 Å². The number of hydrogen-bond donors (Lipinski definition) is 1. The van der Waals surface area contributed by atoms with E-state index in [4.69, 9.17) is 16.6 Å². The van der Waals surface area contributed by atoms with Gasteiger partial charge in [-0.15, -0.1) is 16.4 Å². The molecule has 118 valence electrons. The molecule has 5 nitrogen and oxygen atoms in total. The van der Waals surface area contributed by atoms with E-state index in [9.17, 15) is 0 Å². The molecule has 1 N–H and O–H groups in total. The largest absolute Gasteiger partial charge is 0.409 e. The number of pyridine rings is 1. The van der Waals surface area contributed by atoms with E-state index in [2.05, 4.69) is 27.6 Å². The molecule has 3 aromatic rings. The van der Waals surface area contributed by atoms with Crippen molar-refractivity contribution in [2.24, 2.45) is 0 Å². The summed E-state index contributed by atoms with van der Waals surface area (Å²) in [6.45, 7) is 1.88. The van der Waals surface area contributed by atoms with Crippen LogP contribution in [0.25, 0.3) is 11.5 Å². The molecule has 0 bridgehead atoms. The van der Waals surface area contributed by atoms with Crippen molar-refractivity contribution in [1.29, 1.82) is 0 Å². The van der Waals surface area contributed by atoms with E-state index in [0.717, 1.165) is 18.8 Å². The van der Waals surface area contributed by atoms with Crippen molar-refractivity contribution in [2.45, 2.75) is 25.6 Å². The molecular formula is C16H17N4OS2+. The number of hydrogen-bond acceptors (Lipinski definition) is 5. The minimum absolute atomic E-state index is 0.424. The molecule has 23 heavy (non-hydrogen) atoms. The van der Waals surface area contributed by atoms with E-state index < -0.39 is 0 Å². The Morgan fingerprint density at radius 1 is 1.39 bits per heavy atom. The molecule has 0 saturated carbocycles. The molecule has 2 atom stereocenters. The summed E-state index contributed by atoms with van der Waals surface area (Å²) in [5.41, 5.74) is 0.851. The number of nitrogens with zero attached hydrogens (tertiary/aromatic N) is 3. The zero-order chi connectivity index (χ0) is 15.6. The van der Waals surface area contributed by atoms with Crippen LogP contribution in [0.2, 0.25) is 0 Å². The predicted octanol–water partition coefficient (Wildman–Crippen LogP) is 2.71. The normalized spacial score (nSPS) is 20.9. The van der Waals surface area contributed by atoms with Gasteiger partial charge in [0.1, 0.15) is 6.04 Å². The van der Waals surface area contributed by atoms with Crippen LogP contribution in [0.1, 0.15) is 23.8 Å². The minimum atomic E-state index is 0.424. The number of likely N-dealkylation sites (tertiary alicyclic amines) is 1. The van der Waals surface area contributed by atoms with Gasteiger partial charge in [0.15, 0.2) is 6.67 Å². The van der Waals surface area contributed by atoms with Gasteiger partial charge >= 0.3 is 0 Å². The molecule has 4 rings (SSSR count). The second-order valence-electron chi connectivity index (χ2n) is 5.69. The maximum atomic E-state index is 5.65. The van der Waals surface area contributed by atoms with Crippen molar-refractivity contribution in [2.75, 3.05) is 6.54 Å². The Labute approximate surface area is 143 Å². The van der Waals surface area contributed by atoms with E-state index in [0.29, 0.717) is 16.8 Å². The minimum Gasteiger partial charge on any atom is -0.409 e. The Morgan fingerprint density at radius 2 is 2.35 bits per heavy atom. The van der Waals surface area contributed by atoms with Crippen LogP contribution in [0.4, 0.5) is 0 Å². The summed E-state index contributed by atoms with van der Waals surface area (Å²) in [4.78, 5) is 7.47. The molecule has 4 heterocycles. The van der Waals surface area contributed by atoms with Gasteiger partial charge in [0.05, 0.1) is 17.0 Å². The van der Waals surface area contributed by atoms with Crippen molar-refractivity contribution < 1.29 is 9.32 Å². The lowest BCUT2D eigenvalue weighted by Crippen LogP contribution is -3.09. The summed E-state index contributed by atoms with van der Waals surface area (Å²) in [5, 5.41) is 6.69. The third-order valence-corrected chi connectivity index (χ3v) is 5.52. The van der Waals surface area contributed by atoms with Gasteiger partial charge in [-0.05, 0) is 35.8 Å².